The van der Waals surface area contributed by atoms with Crippen molar-refractivity contribution in [1.29, 1.82) is 0 Å². The van der Waals surface area contributed by atoms with E-state index < -0.39 is 71.2 Å². The summed E-state index contributed by atoms with van der Waals surface area (Å²) >= 11 is 0. The van der Waals surface area contributed by atoms with Crippen molar-refractivity contribution in [3.05, 3.63) is 12.2 Å². The number of allylic oxidation sites excluding steroid dienone is 1. The number of ether oxygens (including phenoxy) is 4. The minimum Gasteiger partial charge on any atom is -0.467 e. The third-order valence-electron chi connectivity index (χ3n) is 8.78. The second-order valence-electron chi connectivity index (χ2n) is 13.4. The van der Waals surface area contributed by atoms with Gasteiger partial charge in [-0.3, -0.25) is 14.4 Å². The van der Waals surface area contributed by atoms with Crippen molar-refractivity contribution < 1.29 is 47.7 Å². The summed E-state index contributed by atoms with van der Waals surface area (Å²) in [6.07, 6.45) is 7.54. The van der Waals surface area contributed by atoms with Gasteiger partial charge in [-0.15, -0.1) is 0 Å². The Kier molecular flexibility index (Phi) is 10.8. The van der Waals surface area contributed by atoms with Gasteiger partial charge in [0.05, 0.1) is 13.7 Å². The van der Waals surface area contributed by atoms with E-state index >= 15 is 0 Å². The Balaban J connectivity index is 1.73. The number of nitrogens with zero attached hydrogens (tertiary/aromatic N) is 2. The molecule has 1 N–H and O–H groups in total. The van der Waals surface area contributed by atoms with Crippen LogP contribution in [-0.4, -0.2) is 94.8 Å². The van der Waals surface area contributed by atoms with Crippen molar-refractivity contribution in [2.75, 3.05) is 13.7 Å². The fourth-order valence-corrected chi connectivity index (χ4v) is 6.60. The van der Waals surface area contributed by atoms with Gasteiger partial charge in [0.25, 0.3) is 5.91 Å². The van der Waals surface area contributed by atoms with Crippen LogP contribution in [0.4, 0.5) is 9.59 Å². The van der Waals surface area contributed by atoms with Crippen LogP contribution < -0.4 is 5.32 Å². The molecule has 0 aromatic heterocycles. The van der Waals surface area contributed by atoms with Crippen LogP contribution in [0.1, 0.15) is 98.3 Å². The van der Waals surface area contributed by atoms with Crippen molar-refractivity contribution in [3.63, 3.8) is 0 Å². The highest BCUT2D eigenvalue weighted by atomic mass is 16.6. The van der Waals surface area contributed by atoms with Gasteiger partial charge in [0.15, 0.2) is 5.54 Å². The van der Waals surface area contributed by atoms with E-state index in [-0.39, 0.29) is 25.5 Å². The summed E-state index contributed by atoms with van der Waals surface area (Å²) in [5, 5.41) is 2.72. The molecular formula is C32H47N3O10. The molecule has 0 aromatic carbocycles. The van der Waals surface area contributed by atoms with Crippen LogP contribution in [0, 0.1) is 5.92 Å². The van der Waals surface area contributed by atoms with Crippen molar-refractivity contribution in [2.45, 2.75) is 134 Å². The number of esters is 2. The van der Waals surface area contributed by atoms with E-state index in [0.29, 0.717) is 19.3 Å². The molecule has 5 atom stereocenters. The first-order valence-electron chi connectivity index (χ1n) is 16.0. The van der Waals surface area contributed by atoms with Crippen LogP contribution >= 0.6 is 0 Å². The number of hydrogen-bond acceptors (Lipinski definition) is 10. The molecule has 250 valence electrons. The lowest BCUT2D eigenvalue weighted by Crippen LogP contribution is -2.60. The van der Waals surface area contributed by atoms with E-state index in [4.69, 9.17) is 18.9 Å². The highest BCUT2D eigenvalue weighted by Crippen LogP contribution is 2.52. The van der Waals surface area contributed by atoms with Gasteiger partial charge in [0.2, 0.25) is 5.91 Å². The monoisotopic (exact) mass is 633 g/mol. The quantitative estimate of drug-likeness (QED) is 0.274. The molecule has 2 aliphatic heterocycles. The third-order valence-corrected chi connectivity index (χ3v) is 8.78. The Morgan fingerprint density at radius 1 is 0.933 bits per heavy atom. The summed E-state index contributed by atoms with van der Waals surface area (Å²) < 4.78 is 21.7. The Morgan fingerprint density at radius 3 is 2.27 bits per heavy atom. The maximum absolute atomic E-state index is 14.5. The van der Waals surface area contributed by atoms with E-state index in [9.17, 15) is 28.8 Å². The molecule has 4 amide bonds. The van der Waals surface area contributed by atoms with Crippen molar-refractivity contribution in [3.8, 4) is 0 Å². The van der Waals surface area contributed by atoms with Crippen LogP contribution in [0.5, 0.6) is 0 Å². The van der Waals surface area contributed by atoms with E-state index in [2.05, 4.69) is 5.32 Å². The summed E-state index contributed by atoms with van der Waals surface area (Å²) in [4.78, 5) is 82.7. The zero-order valence-corrected chi connectivity index (χ0v) is 27.0. The second kappa shape index (κ2) is 14.2. The lowest BCUT2D eigenvalue weighted by molar-refractivity contribution is -0.157. The summed E-state index contributed by atoms with van der Waals surface area (Å²) in [7, 11) is 1.19. The van der Waals surface area contributed by atoms with Crippen LogP contribution in [0.2, 0.25) is 0 Å². The Labute approximate surface area is 264 Å². The molecular weight excluding hydrogens is 586 g/mol. The SMILES string of the molecule is COC(=O)[C@@]12C[C@H]1/C=C\CCCCC[C@H](NC(=O)OC1CCCC1)C(=O)N1C[C@H](OC(C)=O)C[C@H]1C(=O)N2C(=O)OC(C)(C)C. The normalized spacial score (nSPS) is 30.2. The van der Waals surface area contributed by atoms with Crippen LogP contribution in [-0.2, 0) is 38.1 Å². The van der Waals surface area contributed by atoms with E-state index in [0.717, 1.165) is 43.4 Å². The Bertz CT molecular complexity index is 1190. The Hall–Kier alpha value is -3.64. The number of carbonyl (C=O) groups excluding carboxylic acids is 6. The molecule has 2 saturated carbocycles. The van der Waals surface area contributed by atoms with Gasteiger partial charge in [0.1, 0.15) is 29.9 Å². The maximum Gasteiger partial charge on any atom is 0.418 e. The van der Waals surface area contributed by atoms with Gasteiger partial charge in [0, 0.05) is 19.3 Å². The molecule has 4 rings (SSSR count). The Morgan fingerprint density at radius 2 is 1.62 bits per heavy atom. The highest BCUT2D eigenvalue weighted by molar-refractivity contribution is 6.04. The second-order valence-corrected chi connectivity index (χ2v) is 13.4. The van der Waals surface area contributed by atoms with Gasteiger partial charge in [-0.1, -0.05) is 25.0 Å². The van der Waals surface area contributed by atoms with Crippen molar-refractivity contribution in [2.24, 2.45) is 5.92 Å². The average molecular weight is 634 g/mol. The number of nitrogens with one attached hydrogen (secondary N) is 1. The predicted molar refractivity (Wildman–Crippen MR) is 159 cm³/mol. The number of imide groups is 1. The summed E-state index contributed by atoms with van der Waals surface area (Å²) in [5.74, 6) is -3.30. The number of alkyl carbamates (subject to hydrolysis) is 1. The highest BCUT2D eigenvalue weighted by Gasteiger charge is 2.69. The fourth-order valence-electron chi connectivity index (χ4n) is 6.60. The molecule has 4 aliphatic rings. The van der Waals surface area contributed by atoms with Crippen LogP contribution in [0.25, 0.3) is 0 Å². The topological polar surface area (TPSA) is 158 Å². The van der Waals surface area contributed by atoms with Gasteiger partial charge in [-0.25, -0.2) is 19.3 Å². The zero-order chi connectivity index (χ0) is 32.9. The summed E-state index contributed by atoms with van der Waals surface area (Å²) in [6.45, 7) is 6.01. The number of rotatable bonds is 4. The molecule has 0 spiro atoms. The number of hydrogen-bond donors (Lipinski definition) is 1. The van der Waals surface area contributed by atoms with E-state index in [1.165, 1.54) is 18.9 Å². The maximum atomic E-state index is 14.5. The van der Waals surface area contributed by atoms with Crippen molar-refractivity contribution in [1.82, 2.24) is 15.1 Å². The number of amides is 4. The number of carbonyl (C=O) groups is 6. The standard InChI is InChI=1S/C32H47N3O10/c1-20(36)43-23-17-25-27(38)35(30(41)45-31(2,3)4)32(28(39)42-5)18-21(32)13-9-7-6-8-10-16-24(26(37)34(25)19-23)33-29(40)44-22-14-11-12-15-22/h9,13,21-25H,6-8,10-12,14-19H2,1-5H3,(H,33,40)/b13-9-/t21-,23-,24+,25+,32-/m1/s1. The molecule has 2 aliphatic carbocycles. The molecule has 0 radical (unpaired) electrons. The first-order chi connectivity index (χ1) is 21.3. The first kappa shape index (κ1) is 34.2. The molecule has 13 heteroatoms. The van der Waals surface area contributed by atoms with E-state index in [1.807, 2.05) is 12.2 Å². The van der Waals surface area contributed by atoms with Gasteiger partial charge >= 0.3 is 24.1 Å². The largest absolute Gasteiger partial charge is 0.467 e. The number of methoxy groups -OCH3 is 1. The minimum atomic E-state index is -1.66. The van der Waals surface area contributed by atoms with Gasteiger partial charge < -0.3 is 29.2 Å². The molecule has 2 heterocycles. The fraction of sp³-hybridized carbons (Fsp3) is 0.750. The van der Waals surface area contributed by atoms with Crippen LogP contribution in [0.15, 0.2) is 12.2 Å². The summed E-state index contributed by atoms with van der Waals surface area (Å²) in [5.41, 5.74) is -2.67. The molecule has 1 saturated heterocycles. The first-order valence-corrected chi connectivity index (χ1v) is 16.0. The average Bonchev–Trinajstić information content (AvgIpc) is 3.24. The van der Waals surface area contributed by atoms with Gasteiger partial charge in [-0.2, -0.15) is 0 Å². The van der Waals surface area contributed by atoms with Crippen LogP contribution in [0.3, 0.4) is 0 Å². The zero-order valence-electron chi connectivity index (χ0n) is 27.0. The molecule has 0 aromatic rings. The molecule has 13 nitrogen and oxygen atoms in total. The molecule has 45 heavy (non-hydrogen) atoms. The number of fused-ring (bicyclic) bond motifs is 2. The molecule has 3 fully saturated rings. The van der Waals surface area contributed by atoms with Gasteiger partial charge in [-0.05, 0) is 72.1 Å². The summed E-state index contributed by atoms with van der Waals surface area (Å²) in [6, 6.07) is -2.31. The molecule has 0 bridgehead atoms. The lowest BCUT2D eigenvalue weighted by Gasteiger charge is -2.35. The van der Waals surface area contributed by atoms with E-state index in [1.54, 1.807) is 20.8 Å². The predicted octanol–water partition coefficient (Wildman–Crippen LogP) is 3.77. The van der Waals surface area contributed by atoms with Crippen molar-refractivity contribution >= 4 is 35.9 Å². The minimum absolute atomic E-state index is 0.111. The lowest BCUT2D eigenvalue weighted by atomic mass is 10.0. The third kappa shape index (κ3) is 8.15. The molecule has 0 unspecified atom stereocenters. The smallest absolute Gasteiger partial charge is 0.418 e.